The molecule has 1 fully saturated rings. The van der Waals surface area contributed by atoms with E-state index in [0.717, 1.165) is 0 Å². The van der Waals surface area contributed by atoms with Crippen LogP contribution >= 0.6 is 11.6 Å². The molecule has 21 heavy (non-hydrogen) atoms. The number of halogens is 1. The number of piperazine rings is 1. The lowest BCUT2D eigenvalue weighted by Crippen LogP contribution is -2.51. The van der Waals surface area contributed by atoms with E-state index in [-0.39, 0.29) is 11.8 Å². The number of rotatable bonds is 3. The van der Waals surface area contributed by atoms with Gasteiger partial charge in [-0.05, 0) is 12.1 Å². The third kappa shape index (κ3) is 3.65. The lowest BCUT2D eigenvalue weighted by molar-refractivity contribution is -0.122. The predicted octanol–water partition coefficient (Wildman–Crippen LogP) is 0.426. The van der Waals surface area contributed by atoms with Crippen molar-refractivity contribution in [3.8, 4) is 0 Å². The highest BCUT2D eigenvalue weighted by atomic mass is 35.5. The van der Waals surface area contributed by atoms with Crippen LogP contribution in [0.25, 0.3) is 0 Å². The predicted molar refractivity (Wildman–Crippen MR) is 82.3 cm³/mol. The number of nitrogens with one attached hydrogen (secondary N) is 1. The van der Waals surface area contributed by atoms with Crippen molar-refractivity contribution in [1.29, 1.82) is 0 Å². The van der Waals surface area contributed by atoms with Crippen molar-refractivity contribution in [1.82, 2.24) is 15.1 Å². The van der Waals surface area contributed by atoms with Gasteiger partial charge in [0.05, 0.1) is 22.8 Å². The Bertz CT molecular complexity index is 542. The fourth-order valence-electron chi connectivity index (χ4n) is 2.29. The largest absolute Gasteiger partial charge is 0.397 e. The monoisotopic (exact) mass is 310 g/mol. The van der Waals surface area contributed by atoms with Crippen LogP contribution in [-0.4, -0.2) is 61.4 Å². The van der Waals surface area contributed by atoms with Crippen molar-refractivity contribution in [3.05, 3.63) is 28.8 Å². The van der Waals surface area contributed by atoms with Crippen LogP contribution in [0.3, 0.4) is 0 Å². The van der Waals surface area contributed by atoms with Gasteiger partial charge in [0.1, 0.15) is 0 Å². The van der Waals surface area contributed by atoms with Crippen molar-refractivity contribution in [2.75, 3.05) is 45.5 Å². The van der Waals surface area contributed by atoms with Crippen LogP contribution in [0.4, 0.5) is 5.69 Å². The normalized spacial score (nSPS) is 15.8. The molecule has 1 aromatic rings. The van der Waals surface area contributed by atoms with E-state index in [1.165, 1.54) is 0 Å². The highest BCUT2D eigenvalue weighted by molar-refractivity contribution is 6.33. The number of nitrogens with two attached hydrogens (primary N) is 1. The second-order valence-electron chi connectivity index (χ2n) is 4.94. The first-order valence-electron chi connectivity index (χ1n) is 6.79. The highest BCUT2D eigenvalue weighted by Gasteiger charge is 2.24. The first-order chi connectivity index (χ1) is 10.0. The Balaban J connectivity index is 1.97. The van der Waals surface area contributed by atoms with Crippen molar-refractivity contribution in [2.45, 2.75) is 0 Å². The van der Waals surface area contributed by atoms with Gasteiger partial charge in [0.25, 0.3) is 5.91 Å². The topological polar surface area (TPSA) is 78.7 Å². The molecule has 0 bridgehead atoms. The number of hydrogen-bond acceptors (Lipinski definition) is 4. The van der Waals surface area contributed by atoms with Crippen LogP contribution in [0.2, 0.25) is 5.02 Å². The number of para-hydroxylation sites is 1. The lowest BCUT2D eigenvalue weighted by atomic mass is 10.1. The van der Waals surface area contributed by atoms with Crippen molar-refractivity contribution in [2.24, 2.45) is 0 Å². The number of carbonyl (C=O) groups is 2. The van der Waals surface area contributed by atoms with E-state index in [9.17, 15) is 9.59 Å². The summed E-state index contributed by atoms with van der Waals surface area (Å²) in [6, 6.07) is 5.06. The summed E-state index contributed by atoms with van der Waals surface area (Å²) in [7, 11) is 1.62. The summed E-state index contributed by atoms with van der Waals surface area (Å²) < 4.78 is 0. The summed E-state index contributed by atoms with van der Waals surface area (Å²) in [6.07, 6.45) is 0. The molecule has 1 aliphatic heterocycles. The summed E-state index contributed by atoms with van der Waals surface area (Å²) in [6.45, 7) is 2.83. The molecular weight excluding hydrogens is 292 g/mol. The molecule has 1 aromatic carbocycles. The Morgan fingerprint density at radius 2 is 1.95 bits per heavy atom. The van der Waals surface area contributed by atoms with Crippen molar-refractivity contribution in [3.63, 3.8) is 0 Å². The molecule has 6 nitrogen and oxygen atoms in total. The van der Waals surface area contributed by atoms with Crippen molar-refractivity contribution < 1.29 is 9.59 Å². The summed E-state index contributed by atoms with van der Waals surface area (Å²) in [4.78, 5) is 27.5. The van der Waals surface area contributed by atoms with Crippen LogP contribution in [-0.2, 0) is 4.79 Å². The molecule has 1 aliphatic rings. The van der Waals surface area contributed by atoms with Gasteiger partial charge in [-0.3, -0.25) is 14.5 Å². The van der Waals surface area contributed by atoms with Crippen LogP contribution in [0.1, 0.15) is 10.4 Å². The van der Waals surface area contributed by atoms with Crippen LogP contribution < -0.4 is 11.1 Å². The van der Waals surface area contributed by atoms with E-state index in [1.807, 2.05) is 4.90 Å². The molecular formula is C14H19ClN4O2. The number of carbonyl (C=O) groups excluding carboxylic acids is 2. The molecule has 7 heteroatoms. The van der Waals surface area contributed by atoms with Crippen molar-refractivity contribution >= 4 is 29.1 Å². The zero-order valence-electron chi connectivity index (χ0n) is 11.9. The first-order valence-corrected chi connectivity index (χ1v) is 7.17. The summed E-state index contributed by atoms with van der Waals surface area (Å²) in [5.74, 6) is -0.136. The molecule has 0 aliphatic carbocycles. The van der Waals surface area contributed by atoms with Gasteiger partial charge in [-0.1, -0.05) is 17.7 Å². The van der Waals surface area contributed by atoms with E-state index in [1.54, 1.807) is 30.1 Å². The maximum Gasteiger partial charge on any atom is 0.256 e. The Kier molecular flexibility index (Phi) is 5.03. The minimum Gasteiger partial charge on any atom is -0.397 e. The van der Waals surface area contributed by atoms with Gasteiger partial charge < -0.3 is 16.0 Å². The van der Waals surface area contributed by atoms with Crippen LogP contribution in [0, 0.1) is 0 Å². The lowest BCUT2D eigenvalue weighted by Gasteiger charge is -2.34. The molecule has 0 atom stereocenters. The number of anilines is 1. The smallest absolute Gasteiger partial charge is 0.256 e. The second-order valence-corrected chi connectivity index (χ2v) is 5.35. The number of amides is 2. The van der Waals surface area contributed by atoms with Gasteiger partial charge >= 0.3 is 0 Å². The highest BCUT2D eigenvalue weighted by Crippen LogP contribution is 2.23. The number of likely N-dealkylation sites (N-methyl/N-ethyl adjacent to an activating group) is 1. The van der Waals surface area contributed by atoms with Gasteiger partial charge in [-0.25, -0.2) is 0 Å². The fourth-order valence-corrected chi connectivity index (χ4v) is 2.46. The van der Waals surface area contributed by atoms with Gasteiger partial charge in [-0.2, -0.15) is 0 Å². The third-order valence-electron chi connectivity index (χ3n) is 3.59. The zero-order valence-corrected chi connectivity index (χ0v) is 12.7. The molecule has 0 radical (unpaired) electrons. The molecule has 0 aromatic heterocycles. The molecule has 114 valence electrons. The number of nitrogen functional groups attached to an aromatic ring is 1. The van der Waals surface area contributed by atoms with E-state index >= 15 is 0 Å². The number of hydrogen-bond donors (Lipinski definition) is 2. The van der Waals surface area contributed by atoms with Gasteiger partial charge in [0, 0.05) is 33.2 Å². The van der Waals surface area contributed by atoms with Gasteiger partial charge in [-0.15, -0.1) is 0 Å². The van der Waals surface area contributed by atoms with E-state index in [0.29, 0.717) is 49.0 Å². The minimum absolute atomic E-state index is 0.0196. The maximum absolute atomic E-state index is 12.4. The number of benzene rings is 1. The van der Waals surface area contributed by atoms with Gasteiger partial charge in [0.15, 0.2) is 0 Å². The Labute approximate surface area is 128 Å². The quantitative estimate of drug-likeness (QED) is 0.793. The van der Waals surface area contributed by atoms with E-state index < -0.39 is 0 Å². The van der Waals surface area contributed by atoms with E-state index in [4.69, 9.17) is 17.3 Å². The molecule has 2 amide bonds. The minimum atomic E-state index is -0.116. The molecule has 1 heterocycles. The Hall–Kier alpha value is -1.79. The molecule has 1 saturated heterocycles. The average molecular weight is 311 g/mol. The van der Waals surface area contributed by atoms with Crippen LogP contribution in [0.15, 0.2) is 18.2 Å². The Morgan fingerprint density at radius 1 is 1.29 bits per heavy atom. The first kappa shape index (κ1) is 15.6. The molecule has 0 unspecified atom stereocenters. The third-order valence-corrected chi connectivity index (χ3v) is 3.92. The maximum atomic E-state index is 12.4. The molecule has 0 saturated carbocycles. The second kappa shape index (κ2) is 6.78. The average Bonchev–Trinajstić information content (AvgIpc) is 2.50. The molecule has 2 rings (SSSR count). The SMILES string of the molecule is CNC(=O)CN1CCN(C(=O)c2cccc(Cl)c2N)CC1. The van der Waals surface area contributed by atoms with E-state index in [2.05, 4.69) is 5.32 Å². The summed E-state index contributed by atoms with van der Waals surface area (Å²) in [5.41, 5.74) is 6.61. The Morgan fingerprint density at radius 3 is 2.57 bits per heavy atom. The van der Waals surface area contributed by atoms with Crippen LogP contribution in [0.5, 0.6) is 0 Å². The standard InChI is InChI=1S/C14H19ClN4O2/c1-17-12(20)9-18-5-7-19(8-6-18)14(21)10-3-2-4-11(15)13(10)16/h2-4H,5-9,16H2,1H3,(H,17,20). The molecule has 3 N–H and O–H groups in total. The molecule has 0 spiro atoms. The van der Waals surface area contributed by atoms with Gasteiger partial charge in [0.2, 0.25) is 5.91 Å². The zero-order chi connectivity index (χ0) is 15.4. The summed E-state index contributed by atoms with van der Waals surface area (Å²) in [5, 5.41) is 2.98. The summed E-state index contributed by atoms with van der Waals surface area (Å²) >= 11 is 5.94. The number of nitrogens with zero attached hydrogens (tertiary/aromatic N) is 2. The fraction of sp³-hybridized carbons (Fsp3) is 0.429.